The Balaban J connectivity index is 2.38. The van der Waals surface area contributed by atoms with Gasteiger partial charge in [0.25, 0.3) is 0 Å². The third-order valence-corrected chi connectivity index (χ3v) is 4.78. The van der Waals surface area contributed by atoms with Gasteiger partial charge >= 0.3 is 0 Å². The maximum atomic E-state index is 11.7. The minimum Gasteiger partial charge on any atom is -0.376 e. The topological polar surface area (TPSA) is 20.2 Å². The fourth-order valence-corrected chi connectivity index (χ4v) is 3.52. The minimum absolute atomic E-state index is 0.440. The molecule has 0 aromatic heterocycles. The highest BCUT2D eigenvalue weighted by molar-refractivity contribution is 6.33. The number of aliphatic hydroxyl groups is 1. The Labute approximate surface area is 150 Å². The standard InChI is InChI=1S/C19H13Cl3O/c20-16-10-4-1-7-13(16)19(23,14-8-2-5-11-17(14)21)15-9-3-6-12-18(15)22/h1-12,23H. The monoisotopic (exact) mass is 362 g/mol. The highest BCUT2D eigenvalue weighted by Gasteiger charge is 2.38. The van der Waals surface area contributed by atoms with Gasteiger partial charge in [-0.15, -0.1) is 0 Å². The summed E-state index contributed by atoms with van der Waals surface area (Å²) in [5, 5.41) is 13.0. The lowest BCUT2D eigenvalue weighted by Crippen LogP contribution is -2.30. The molecule has 0 aliphatic carbocycles. The average molecular weight is 364 g/mol. The van der Waals surface area contributed by atoms with Gasteiger partial charge in [0, 0.05) is 31.8 Å². The van der Waals surface area contributed by atoms with Crippen molar-refractivity contribution >= 4 is 34.8 Å². The smallest absolute Gasteiger partial charge is 0.144 e. The first kappa shape index (κ1) is 16.4. The number of hydrogen-bond acceptors (Lipinski definition) is 1. The molecule has 0 saturated carbocycles. The van der Waals surface area contributed by atoms with Crippen molar-refractivity contribution in [3.63, 3.8) is 0 Å². The van der Waals surface area contributed by atoms with Gasteiger partial charge in [-0.05, 0) is 18.2 Å². The van der Waals surface area contributed by atoms with E-state index in [1.165, 1.54) is 0 Å². The summed E-state index contributed by atoms with van der Waals surface area (Å²) >= 11 is 19.1. The Bertz CT molecular complexity index is 734. The maximum absolute atomic E-state index is 11.7. The molecule has 0 bridgehead atoms. The highest BCUT2D eigenvalue weighted by atomic mass is 35.5. The fourth-order valence-electron chi connectivity index (χ4n) is 2.70. The normalized spacial score (nSPS) is 11.5. The molecule has 0 saturated heterocycles. The summed E-state index contributed by atoms with van der Waals surface area (Å²) in [5.74, 6) is 0. The van der Waals surface area contributed by atoms with Crippen molar-refractivity contribution in [3.05, 3.63) is 105 Å². The Morgan fingerprint density at radius 3 is 1.04 bits per heavy atom. The van der Waals surface area contributed by atoms with E-state index in [-0.39, 0.29) is 0 Å². The Morgan fingerprint density at radius 1 is 0.522 bits per heavy atom. The summed E-state index contributed by atoms with van der Waals surface area (Å²) < 4.78 is 0. The molecule has 3 rings (SSSR count). The van der Waals surface area contributed by atoms with Crippen LogP contribution in [-0.4, -0.2) is 5.11 Å². The van der Waals surface area contributed by atoms with Gasteiger partial charge in [-0.3, -0.25) is 0 Å². The van der Waals surface area contributed by atoms with Crippen molar-refractivity contribution in [3.8, 4) is 0 Å². The summed E-state index contributed by atoms with van der Waals surface area (Å²) in [6, 6.07) is 21.4. The maximum Gasteiger partial charge on any atom is 0.144 e. The molecule has 3 aromatic carbocycles. The molecule has 0 spiro atoms. The number of benzene rings is 3. The van der Waals surface area contributed by atoms with Crippen LogP contribution in [0.15, 0.2) is 72.8 Å². The van der Waals surface area contributed by atoms with Gasteiger partial charge in [0.1, 0.15) is 5.60 Å². The van der Waals surface area contributed by atoms with Crippen LogP contribution in [-0.2, 0) is 5.60 Å². The van der Waals surface area contributed by atoms with Crippen LogP contribution in [0, 0.1) is 0 Å². The Morgan fingerprint density at radius 2 is 0.783 bits per heavy atom. The molecule has 3 aromatic rings. The predicted octanol–water partition coefficient (Wildman–Crippen LogP) is 5.93. The summed E-state index contributed by atoms with van der Waals surface area (Å²) in [5.41, 5.74) is 0.0447. The van der Waals surface area contributed by atoms with Crippen LogP contribution in [0.3, 0.4) is 0 Å². The summed E-state index contributed by atoms with van der Waals surface area (Å²) in [7, 11) is 0. The van der Waals surface area contributed by atoms with Crippen molar-refractivity contribution in [1.29, 1.82) is 0 Å². The number of halogens is 3. The molecule has 0 radical (unpaired) electrons. The molecule has 1 N–H and O–H groups in total. The third-order valence-electron chi connectivity index (χ3n) is 3.79. The van der Waals surface area contributed by atoms with Crippen LogP contribution in [0.2, 0.25) is 15.1 Å². The van der Waals surface area contributed by atoms with E-state index >= 15 is 0 Å². The zero-order chi connectivity index (χ0) is 16.4. The second-order valence-electron chi connectivity index (χ2n) is 5.15. The van der Waals surface area contributed by atoms with Crippen LogP contribution < -0.4 is 0 Å². The Hall–Kier alpha value is -1.51. The van der Waals surface area contributed by atoms with Gasteiger partial charge in [0.15, 0.2) is 0 Å². The van der Waals surface area contributed by atoms with Crippen LogP contribution in [0.25, 0.3) is 0 Å². The summed E-state index contributed by atoms with van der Waals surface area (Å²) in [4.78, 5) is 0. The van der Waals surface area contributed by atoms with E-state index in [1.807, 2.05) is 36.4 Å². The van der Waals surface area contributed by atoms with E-state index in [9.17, 15) is 5.11 Å². The second kappa shape index (κ2) is 6.54. The zero-order valence-corrected chi connectivity index (χ0v) is 14.3. The first-order chi connectivity index (χ1) is 11.0. The van der Waals surface area contributed by atoms with Crippen molar-refractivity contribution in [2.45, 2.75) is 5.60 Å². The lowest BCUT2D eigenvalue weighted by atomic mass is 9.80. The van der Waals surface area contributed by atoms with Gasteiger partial charge in [-0.1, -0.05) is 89.4 Å². The van der Waals surface area contributed by atoms with Crippen molar-refractivity contribution in [1.82, 2.24) is 0 Å². The summed E-state index contributed by atoms with van der Waals surface area (Å²) in [6.45, 7) is 0. The number of rotatable bonds is 3. The molecule has 0 heterocycles. The quantitative estimate of drug-likeness (QED) is 0.572. The molecular weight excluding hydrogens is 351 g/mol. The molecule has 1 nitrogen and oxygen atoms in total. The largest absolute Gasteiger partial charge is 0.376 e. The van der Waals surface area contributed by atoms with Gasteiger partial charge in [-0.25, -0.2) is 0 Å². The molecule has 0 aliphatic rings. The van der Waals surface area contributed by atoms with Crippen LogP contribution in [0.1, 0.15) is 16.7 Å². The fraction of sp³-hybridized carbons (Fsp3) is 0.0526. The molecule has 0 aliphatic heterocycles. The van der Waals surface area contributed by atoms with Gasteiger partial charge in [0.05, 0.1) is 0 Å². The minimum atomic E-state index is -1.55. The van der Waals surface area contributed by atoms with E-state index < -0.39 is 5.60 Å². The molecule has 0 atom stereocenters. The molecule has 0 fully saturated rings. The molecule has 4 heteroatoms. The highest BCUT2D eigenvalue weighted by Crippen LogP contribution is 2.44. The first-order valence-electron chi connectivity index (χ1n) is 7.02. The lowest BCUT2D eigenvalue weighted by Gasteiger charge is -2.32. The van der Waals surface area contributed by atoms with Crippen LogP contribution in [0.4, 0.5) is 0 Å². The molecule has 0 amide bonds. The van der Waals surface area contributed by atoms with Gasteiger partial charge in [-0.2, -0.15) is 0 Å². The molecule has 116 valence electrons. The first-order valence-corrected chi connectivity index (χ1v) is 8.16. The SMILES string of the molecule is OC(c1ccccc1Cl)(c1ccccc1Cl)c1ccccc1Cl. The van der Waals surface area contributed by atoms with Crippen LogP contribution in [0.5, 0.6) is 0 Å². The second-order valence-corrected chi connectivity index (χ2v) is 6.37. The number of hydrogen-bond donors (Lipinski definition) is 1. The predicted molar refractivity (Wildman–Crippen MR) is 96.5 cm³/mol. The molecule has 0 unspecified atom stereocenters. The molecular formula is C19H13Cl3O. The van der Waals surface area contributed by atoms with Crippen molar-refractivity contribution < 1.29 is 5.11 Å². The van der Waals surface area contributed by atoms with Crippen LogP contribution >= 0.6 is 34.8 Å². The summed E-state index contributed by atoms with van der Waals surface area (Å²) in [6.07, 6.45) is 0. The Kier molecular flexibility index (Phi) is 4.65. The van der Waals surface area contributed by atoms with E-state index in [2.05, 4.69) is 0 Å². The van der Waals surface area contributed by atoms with E-state index in [0.29, 0.717) is 31.8 Å². The van der Waals surface area contributed by atoms with Crippen molar-refractivity contribution in [2.24, 2.45) is 0 Å². The average Bonchev–Trinajstić information content (AvgIpc) is 2.55. The lowest BCUT2D eigenvalue weighted by molar-refractivity contribution is 0.126. The van der Waals surface area contributed by atoms with Gasteiger partial charge < -0.3 is 5.11 Å². The molecule has 23 heavy (non-hydrogen) atoms. The van der Waals surface area contributed by atoms with E-state index in [1.54, 1.807) is 36.4 Å². The third kappa shape index (κ3) is 2.86. The van der Waals surface area contributed by atoms with E-state index in [4.69, 9.17) is 34.8 Å². The van der Waals surface area contributed by atoms with Crippen molar-refractivity contribution in [2.75, 3.05) is 0 Å². The van der Waals surface area contributed by atoms with Gasteiger partial charge in [0.2, 0.25) is 0 Å². The zero-order valence-electron chi connectivity index (χ0n) is 12.0. The van der Waals surface area contributed by atoms with E-state index in [0.717, 1.165) is 0 Å².